The molecule has 0 bridgehead atoms. The molecule has 0 aliphatic heterocycles. The maximum Gasteiger partial charge on any atom is 0.430 e. The lowest BCUT2D eigenvalue weighted by molar-refractivity contribution is -0.204. The molecular weight excluding hydrogens is 513 g/mol. The van der Waals surface area contributed by atoms with Gasteiger partial charge in [0.2, 0.25) is 0 Å². The van der Waals surface area contributed by atoms with Gasteiger partial charge in [0.1, 0.15) is 5.60 Å². The Balaban J connectivity index is 3.35. The SMILES string of the molecule is CCOC(=O)C(C(CCOS(=O)(=O)c1ccc(C)cc1)C(F)(F)F)N(NC(=O)O)C(=O)OC(C)(C)C. The van der Waals surface area contributed by atoms with Gasteiger partial charge < -0.3 is 14.6 Å². The summed E-state index contributed by atoms with van der Waals surface area (Å²) in [5.41, 5.74) is 0.910. The highest BCUT2D eigenvalue weighted by molar-refractivity contribution is 7.86. The van der Waals surface area contributed by atoms with E-state index in [4.69, 9.17) is 14.0 Å². The second kappa shape index (κ2) is 12.3. The monoisotopic (exact) mass is 542 g/mol. The van der Waals surface area contributed by atoms with Crippen LogP contribution in [0, 0.1) is 12.8 Å². The summed E-state index contributed by atoms with van der Waals surface area (Å²) in [5.74, 6) is -4.40. The number of ether oxygens (including phenoxy) is 2. The Hall–Kier alpha value is -3.07. The maximum absolute atomic E-state index is 14.1. The molecule has 0 aliphatic carbocycles. The number of nitrogens with one attached hydrogen (secondary N) is 1. The van der Waals surface area contributed by atoms with E-state index in [-0.39, 0.29) is 9.90 Å². The number of hydrogen-bond donors (Lipinski definition) is 2. The molecule has 15 heteroatoms. The van der Waals surface area contributed by atoms with Gasteiger partial charge in [-0.3, -0.25) is 4.18 Å². The number of carbonyl (C=O) groups excluding carboxylic acids is 2. The van der Waals surface area contributed by atoms with E-state index in [2.05, 4.69) is 4.74 Å². The molecule has 0 heterocycles. The van der Waals surface area contributed by atoms with E-state index in [0.717, 1.165) is 5.56 Å². The van der Waals surface area contributed by atoms with Crippen molar-refractivity contribution in [2.45, 2.75) is 63.8 Å². The molecule has 2 amide bonds. The topological polar surface area (TPSA) is 149 Å². The average molecular weight is 543 g/mol. The molecule has 1 rings (SSSR count). The van der Waals surface area contributed by atoms with Crippen LogP contribution in [0.1, 0.15) is 39.7 Å². The number of carbonyl (C=O) groups is 3. The summed E-state index contributed by atoms with van der Waals surface area (Å²) in [5, 5.41) is 8.97. The minimum atomic E-state index is -5.23. The number of rotatable bonds is 9. The molecular formula is C21H29F3N2O9S. The van der Waals surface area contributed by atoms with Gasteiger partial charge in [-0.25, -0.2) is 24.8 Å². The largest absolute Gasteiger partial charge is 0.464 e. The predicted molar refractivity (Wildman–Crippen MR) is 118 cm³/mol. The standard InChI is InChI=1S/C21H29F3N2O9S/c1-6-33-17(27)16(26(25-18(28)29)19(30)35-20(3,4)5)15(21(22,23)24)11-12-34-36(31,32)14-9-7-13(2)8-10-14/h7-10,15-16,25H,6,11-12H2,1-5H3,(H,28,29). The molecule has 0 aliphatic rings. The summed E-state index contributed by atoms with van der Waals surface area (Å²) in [6.07, 6.45) is -9.95. The lowest BCUT2D eigenvalue weighted by Gasteiger charge is -2.36. The van der Waals surface area contributed by atoms with Crippen molar-refractivity contribution in [3.63, 3.8) is 0 Å². The number of hydrazine groups is 1. The summed E-state index contributed by atoms with van der Waals surface area (Å²) in [6.45, 7) is 5.65. The second-order valence-corrected chi connectivity index (χ2v) is 10.1. The van der Waals surface area contributed by atoms with Crippen molar-refractivity contribution in [1.82, 2.24) is 10.4 Å². The number of nitrogens with zero attached hydrogens (tertiary/aromatic N) is 1. The minimum absolute atomic E-state index is 0.141. The molecule has 0 spiro atoms. The molecule has 0 fully saturated rings. The lowest BCUT2D eigenvalue weighted by atomic mass is 9.95. The van der Waals surface area contributed by atoms with Crippen LogP contribution in [-0.2, 0) is 28.6 Å². The fourth-order valence-electron chi connectivity index (χ4n) is 2.88. The lowest BCUT2D eigenvalue weighted by Crippen LogP contribution is -2.61. The van der Waals surface area contributed by atoms with Crippen LogP contribution in [0.4, 0.5) is 22.8 Å². The predicted octanol–water partition coefficient (Wildman–Crippen LogP) is 3.62. The summed E-state index contributed by atoms with van der Waals surface area (Å²) >= 11 is 0. The molecule has 2 N–H and O–H groups in total. The fourth-order valence-corrected chi connectivity index (χ4v) is 3.80. The van der Waals surface area contributed by atoms with Crippen LogP contribution in [0.25, 0.3) is 0 Å². The molecule has 0 radical (unpaired) electrons. The van der Waals surface area contributed by atoms with Gasteiger partial charge in [0.15, 0.2) is 6.04 Å². The van der Waals surface area contributed by atoms with Gasteiger partial charge in [-0.15, -0.1) is 0 Å². The first-order chi connectivity index (χ1) is 16.4. The molecule has 0 saturated heterocycles. The number of aryl methyl sites for hydroxylation is 1. The van der Waals surface area contributed by atoms with E-state index in [1.165, 1.54) is 57.4 Å². The smallest absolute Gasteiger partial charge is 0.430 e. The van der Waals surface area contributed by atoms with Crippen LogP contribution < -0.4 is 5.43 Å². The van der Waals surface area contributed by atoms with Crippen LogP contribution in [-0.4, -0.2) is 67.7 Å². The molecule has 11 nitrogen and oxygen atoms in total. The minimum Gasteiger partial charge on any atom is -0.464 e. The van der Waals surface area contributed by atoms with Crippen molar-refractivity contribution < 1.29 is 54.7 Å². The van der Waals surface area contributed by atoms with Gasteiger partial charge in [-0.1, -0.05) is 17.7 Å². The summed E-state index contributed by atoms with van der Waals surface area (Å²) in [7, 11) is -4.45. The van der Waals surface area contributed by atoms with Gasteiger partial charge in [-0.2, -0.15) is 21.6 Å². The van der Waals surface area contributed by atoms with Gasteiger partial charge in [-0.05, 0) is 53.2 Å². The van der Waals surface area contributed by atoms with Crippen LogP contribution in [0.15, 0.2) is 29.2 Å². The summed E-state index contributed by atoms with van der Waals surface area (Å²) in [4.78, 5) is 36.1. The van der Waals surface area contributed by atoms with E-state index in [9.17, 15) is 36.0 Å². The van der Waals surface area contributed by atoms with E-state index in [1.807, 2.05) is 0 Å². The van der Waals surface area contributed by atoms with Gasteiger partial charge >= 0.3 is 24.3 Å². The van der Waals surface area contributed by atoms with Gasteiger partial charge in [0, 0.05) is 0 Å². The molecule has 0 aromatic heterocycles. The Morgan fingerprint density at radius 3 is 2.11 bits per heavy atom. The van der Waals surface area contributed by atoms with Crippen LogP contribution in [0.2, 0.25) is 0 Å². The number of amides is 2. The normalized spacial score (nSPS) is 13.9. The zero-order chi connectivity index (χ0) is 27.9. The molecule has 2 unspecified atom stereocenters. The Morgan fingerprint density at radius 1 is 1.11 bits per heavy atom. The highest BCUT2D eigenvalue weighted by atomic mass is 32.2. The highest BCUT2D eigenvalue weighted by Crippen LogP contribution is 2.35. The van der Waals surface area contributed by atoms with E-state index >= 15 is 0 Å². The van der Waals surface area contributed by atoms with E-state index in [0.29, 0.717) is 0 Å². The number of hydrogen-bond acceptors (Lipinski definition) is 8. The third-order valence-electron chi connectivity index (χ3n) is 4.39. The highest BCUT2D eigenvalue weighted by Gasteiger charge is 2.53. The Labute approximate surface area is 206 Å². The molecule has 1 aromatic carbocycles. The van der Waals surface area contributed by atoms with Crippen molar-refractivity contribution in [2.24, 2.45) is 5.92 Å². The molecule has 36 heavy (non-hydrogen) atoms. The second-order valence-electron chi connectivity index (χ2n) is 8.49. The first kappa shape index (κ1) is 31.0. The third kappa shape index (κ3) is 9.53. The molecule has 0 saturated carbocycles. The zero-order valence-electron chi connectivity index (χ0n) is 20.3. The van der Waals surface area contributed by atoms with Gasteiger partial charge in [0.25, 0.3) is 10.1 Å². The number of esters is 1. The number of carboxylic acid groups (broad SMARTS) is 1. The summed E-state index contributed by atoms with van der Waals surface area (Å²) in [6, 6.07) is 2.73. The van der Waals surface area contributed by atoms with Crippen molar-refractivity contribution in [1.29, 1.82) is 0 Å². The zero-order valence-corrected chi connectivity index (χ0v) is 21.1. The van der Waals surface area contributed by atoms with Crippen LogP contribution in [0.5, 0.6) is 0 Å². The van der Waals surface area contributed by atoms with Crippen molar-refractivity contribution in [3.8, 4) is 0 Å². The maximum atomic E-state index is 14.1. The van der Waals surface area contributed by atoms with Crippen molar-refractivity contribution >= 4 is 28.3 Å². The number of halogens is 3. The molecule has 204 valence electrons. The van der Waals surface area contributed by atoms with Gasteiger partial charge in [0.05, 0.1) is 24.0 Å². The van der Waals surface area contributed by atoms with E-state index < -0.39 is 71.6 Å². The Kier molecular flexibility index (Phi) is 10.5. The Morgan fingerprint density at radius 2 is 1.67 bits per heavy atom. The first-order valence-corrected chi connectivity index (χ1v) is 12.0. The average Bonchev–Trinajstić information content (AvgIpc) is 2.70. The van der Waals surface area contributed by atoms with Crippen molar-refractivity contribution in [3.05, 3.63) is 29.8 Å². The fraction of sp³-hybridized carbons (Fsp3) is 0.571. The van der Waals surface area contributed by atoms with Crippen LogP contribution >= 0.6 is 0 Å². The van der Waals surface area contributed by atoms with Crippen molar-refractivity contribution in [2.75, 3.05) is 13.2 Å². The third-order valence-corrected chi connectivity index (χ3v) is 5.72. The quantitative estimate of drug-likeness (QED) is 0.271. The molecule has 1 aromatic rings. The van der Waals surface area contributed by atoms with E-state index in [1.54, 1.807) is 6.92 Å². The number of benzene rings is 1. The number of alkyl halides is 3. The first-order valence-electron chi connectivity index (χ1n) is 10.6. The Bertz CT molecular complexity index is 1020. The summed E-state index contributed by atoms with van der Waals surface area (Å²) < 4.78 is 81.3. The molecule has 2 atom stereocenters. The van der Waals surface area contributed by atoms with Crippen LogP contribution in [0.3, 0.4) is 0 Å².